The van der Waals surface area contributed by atoms with Crippen molar-refractivity contribution in [2.24, 2.45) is 0 Å². The van der Waals surface area contributed by atoms with Crippen LogP contribution in [-0.2, 0) is 15.8 Å². The summed E-state index contributed by atoms with van der Waals surface area (Å²) in [5.74, 6) is 0. The Balaban J connectivity index is 2.66. The van der Waals surface area contributed by atoms with Gasteiger partial charge >= 0.3 is 0 Å². The molecule has 0 aliphatic carbocycles. The van der Waals surface area contributed by atoms with E-state index < -0.39 is 0 Å². The summed E-state index contributed by atoms with van der Waals surface area (Å²) in [7, 11) is 0. The van der Waals surface area contributed by atoms with Gasteiger partial charge in [-0.25, -0.2) is 0 Å². The van der Waals surface area contributed by atoms with Crippen LogP contribution < -0.4 is 0 Å². The van der Waals surface area contributed by atoms with Gasteiger partial charge in [0.15, 0.2) is 0 Å². The summed E-state index contributed by atoms with van der Waals surface area (Å²) >= 11 is 1.81. The topological polar surface area (TPSA) is 9.23 Å². The lowest BCUT2D eigenvalue weighted by Crippen LogP contribution is -2.53. The van der Waals surface area contributed by atoms with Gasteiger partial charge in [-0.3, -0.25) is 0 Å². The van der Waals surface area contributed by atoms with Crippen molar-refractivity contribution in [2.75, 3.05) is 0 Å². The molecule has 1 nitrogen and oxygen atoms in total. The van der Waals surface area contributed by atoms with E-state index in [1.54, 1.807) is 0 Å². The zero-order valence-electron chi connectivity index (χ0n) is 10.5. The van der Waals surface area contributed by atoms with Crippen LogP contribution in [0.1, 0.15) is 52.0 Å². The van der Waals surface area contributed by atoms with E-state index >= 15 is 0 Å². The Morgan fingerprint density at radius 2 is 1.67 bits per heavy atom. The summed E-state index contributed by atoms with van der Waals surface area (Å²) in [5.41, 5.74) is 1.26. The summed E-state index contributed by atoms with van der Waals surface area (Å²) < 4.78 is 6.27. The Hall–Kier alpha value is -0.340. The second kappa shape index (κ2) is 2.86. The van der Waals surface area contributed by atoms with Crippen molar-refractivity contribution in [3.8, 4) is 0 Å². The molecule has 2 heterocycles. The van der Waals surface area contributed by atoms with Crippen molar-refractivity contribution in [1.29, 1.82) is 0 Å². The summed E-state index contributed by atoms with van der Waals surface area (Å²) in [6.45, 7) is 13.3. The molecule has 0 amide bonds. The molecule has 84 valence electrons. The Morgan fingerprint density at radius 1 is 1.07 bits per heavy atom. The molecule has 0 unspecified atom stereocenters. The number of ether oxygens (including phenoxy) is 1. The molecule has 1 aliphatic heterocycles. The molecule has 0 fully saturated rings. The fourth-order valence-electron chi connectivity index (χ4n) is 2.40. The van der Waals surface area contributed by atoms with Crippen LogP contribution in [0.15, 0.2) is 11.4 Å². The van der Waals surface area contributed by atoms with Crippen LogP contribution in [-0.4, -0.2) is 5.60 Å². The molecule has 15 heavy (non-hydrogen) atoms. The van der Waals surface area contributed by atoms with Gasteiger partial charge in [0.2, 0.25) is 0 Å². The number of fused-ring (bicyclic) bond motifs is 1. The summed E-state index contributed by atoms with van der Waals surface area (Å²) in [6, 6.07) is 2.26. The smallest absolute Gasteiger partial charge is 0.0977 e. The summed E-state index contributed by atoms with van der Waals surface area (Å²) in [5, 5.41) is 2.18. The Bertz CT molecular complexity index is 385. The summed E-state index contributed by atoms with van der Waals surface area (Å²) in [4.78, 5) is 1.38. The average molecular weight is 224 g/mol. The maximum atomic E-state index is 6.27. The SMILES string of the molecule is CC1(C)OC(C)(C)C(C)(C)c2ccsc21. The highest BCUT2D eigenvalue weighted by Crippen LogP contribution is 2.51. The molecule has 1 aliphatic rings. The quantitative estimate of drug-likeness (QED) is 0.645. The maximum Gasteiger partial charge on any atom is 0.0977 e. The van der Waals surface area contributed by atoms with Crippen molar-refractivity contribution in [3.05, 3.63) is 21.9 Å². The molecule has 0 radical (unpaired) electrons. The Labute approximate surface area is 96.5 Å². The van der Waals surface area contributed by atoms with Gasteiger partial charge in [0.05, 0.1) is 11.2 Å². The van der Waals surface area contributed by atoms with Crippen LogP contribution >= 0.6 is 11.3 Å². The first-order valence-corrected chi connectivity index (χ1v) is 6.35. The lowest BCUT2D eigenvalue weighted by Gasteiger charge is -2.51. The predicted octanol–water partition coefficient (Wildman–Crippen LogP) is 4.07. The fourth-order valence-corrected chi connectivity index (χ4v) is 3.52. The van der Waals surface area contributed by atoms with Crippen LogP contribution in [0.3, 0.4) is 0 Å². The third kappa shape index (κ3) is 1.38. The van der Waals surface area contributed by atoms with Crippen molar-refractivity contribution < 1.29 is 4.74 Å². The maximum absolute atomic E-state index is 6.27. The van der Waals surface area contributed by atoms with Crippen LogP contribution in [0.2, 0.25) is 0 Å². The molecule has 0 spiro atoms. The van der Waals surface area contributed by atoms with Gasteiger partial charge in [0.1, 0.15) is 0 Å². The minimum Gasteiger partial charge on any atom is -0.363 e. The Morgan fingerprint density at radius 3 is 2.27 bits per heavy atom. The van der Waals surface area contributed by atoms with E-state index in [9.17, 15) is 0 Å². The lowest BCUT2D eigenvalue weighted by atomic mass is 9.68. The largest absolute Gasteiger partial charge is 0.363 e. The minimum atomic E-state index is -0.150. The first-order valence-electron chi connectivity index (χ1n) is 5.47. The zero-order valence-corrected chi connectivity index (χ0v) is 11.3. The van der Waals surface area contributed by atoms with Gasteiger partial charge in [0.25, 0.3) is 0 Å². The van der Waals surface area contributed by atoms with Gasteiger partial charge in [-0.1, -0.05) is 13.8 Å². The second-order valence-corrected chi connectivity index (χ2v) is 6.83. The van der Waals surface area contributed by atoms with Gasteiger partial charge in [-0.2, -0.15) is 0 Å². The van der Waals surface area contributed by atoms with Gasteiger partial charge in [0, 0.05) is 10.3 Å². The third-order valence-corrected chi connectivity index (χ3v) is 5.12. The van der Waals surface area contributed by atoms with E-state index in [1.165, 1.54) is 10.4 Å². The third-order valence-electron chi connectivity index (χ3n) is 3.90. The monoisotopic (exact) mass is 224 g/mol. The highest BCUT2D eigenvalue weighted by atomic mass is 32.1. The molecule has 2 heteroatoms. The molecule has 0 saturated heterocycles. The van der Waals surface area contributed by atoms with Crippen molar-refractivity contribution in [1.82, 2.24) is 0 Å². The van der Waals surface area contributed by atoms with E-state index in [1.807, 2.05) is 11.3 Å². The predicted molar refractivity (Wildman–Crippen MR) is 65.5 cm³/mol. The molecule has 0 bridgehead atoms. The van der Waals surface area contributed by atoms with Gasteiger partial charge in [-0.05, 0) is 44.7 Å². The number of thiophene rings is 1. The van der Waals surface area contributed by atoms with Gasteiger partial charge in [-0.15, -0.1) is 11.3 Å². The fraction of sp³-hybridized carbons (Fsp3) is 0.692. The number of hydrogen-bond acceptors (Lipinski definition) is 2. The average Bonchev–Trinajstić information content (AvgIpc) is 2.47. The lowest BCUT2D eigenvalue weighted by molar-refractivity contribution is -0.171. The summed E-state index contributed by atoms with van der Waals surface area (Å²) in [6.07, 6.45) is 0. The number of rotatable bonds is 0. The minimum absolute atomic E-state index is 0.0812. The highest BCUT2D eigenvalue weighted by molar-refractivity contribution is 7.10. The zero-order chi connectivity index (χ0) is 11.5. The molecule has 1 aromatic heterocycles. The van der Waals surface area contributed by atoms with Crippen molar-refractivity contribution in [3.63, 3.8) is 0 Å². The van der Waals surface area contributed by atoms with E-state index in [4.69, 9.17) is 4.74 Å². The van der Waals surface area contributed by atoms with Crippen molar-refractivity contribution in [2.45, 2.75) is 58.2 Å². The normalized spacial score (nSPS) is 26.0. The Kier molecular flexibility index (Phi) is 2.13. The standard InChI is InChI=1S/C13H20OS/c1-11(2)9-7-8-15-10(9)12(3,4)14-13(11,5)6/h7-8H,1-6H3. The molecule has 0 N–H and O–H groups in total. The van der Waals surface area contributed by atoms with Crippen molar-refractivity contribution >= 4 is 11.3 Å². The first-order chi connectivity index (χ1) is 6.68. The molecule has 0 saturated carbocycles. The van der Waals surface area contributed by atoms with E-state index in [-0.39, 0.29) is 16.6 Å². The highest BCUT2D eigenvalue weighted by Gasteiger charge is 2.50. The van der Waals surface area contributed by atoms with E-state index in [0.29, 0.717) is 0 Å². The van der Waals surface area contributed by atoms with Gasteiger partial charge < -0.3 is 4.74 Å². The first kappa shape index (κ1) is 11.2. The molecule has 2 rings (SSSR count). The van der Waals surface area contributed by atoms with Crippen LogP contribution in [0.25, 0.3) is 0 Å². The molecule has 0 atom stereocenters. The van der Waals surface area contributed by atoms with E-state index in [0.717, 1.165) is 0 Å². The second-order valence-electron chi connectivity index (χ2n) is 5.91. The molecular formula is C13H20OS. The van der Waals surface area contributed by atoms with Crippen LogP contribution in [0, 0.1) is 0 Å². The van der Waals surface area contributed by atoms with Crippen LogP contribution in [0.4, 0.5) is 0 Å². The molecular weight excluding hydrogens is 204 g/mol. The number of hydrogen-bond donors (Lipinski definition) is 0. The van der Waals surface area contributed by atoms with E-state index in [2.05, 4.69) is 53.0 Å². The molecule has 0 aromatic carbocycles. The van der Waals surface area contributed by atoms with Crippen LogP contribution in [0.5, 0.6) is 0 Å². The molecule has 1 aromatic rings.